The minimum absolute atomic E-state index is 0.337. The van der Waals surface area contributed by atoms with E-state index in [0.717, 1.165) is 19.4 Å². The van der Waals surface area contributed by atoms with Gasteiger partial charge in [0.25, 0.3) is 3.90 Å². The van der Waals surface area contributed by atoms with E-state index in [9.17, 15) is 0 Å². The van der Waals surface area contributed by atoms with Crippen LogP contribution in [-0.2, 0) is 10.3 Å². The smallest absolute Gasteiger partial charge is 0.278 e. The summed E-state index contributed by atoms with van der Waals surface area (Å²) in [6.45, 7) is 2.78. The summed E-state index contributed by atoms with van der Waals surface area (Å²) < 4.78 is 11.4. The molecule has 0 bridgehead atoms. The van der Waals surface area contributed by atoms with Gasteiger partial charge in [0.15, 0.2) is 0 Å². The van der Waals surface area contributed by atoms with Crippen molar-refractivity contribution in [2.45, 2.75) is 25.4 Å². The summed E-state index contributed by atoms with van der Waals surface area (Å²) in [7, 11) is 0. The Morgan fingerprint density at radius 3 is 2.83 bits per heavy atom. The minimum Gasteiger partial charge on any atom is -0.413 e. The fourth-order valence-electron chi connectivity index (χ4n) is 1.37. The van der Waals surface area contributed by atoms with Gasteiger partial charge in [0.1, 0.15) is 5.60 Å². The summed E-state index contributed by atoms with van der Waals surface area (Å²) in [6.07, 6.45) is 2.03. The van der Waals surface area contributed by atoms with Gasteiger partial charge < -0.3 is 9.15 Å². The molecule has 1 atom stereocenters. The first-order chi connectivity index (χ1) is 5.71. The quantitative estimate of drug-likeness (QED) is 0.735. The Morgan fingerprint density at radius 2 is 2.33 bits per heavy atom. The number of rotatable bonds is 1. The number of nitrogens with zero attached hydrogens (tertiary/aromatic N) is 2. The van der Waals surface area contributed by atoms with E-state index in [1.54, 1.807) is 0 Å². The van der Waals surface area contributed by atoms with Crippen LogP contribution in [0.5, 0.6) is 0 Å². The van der Waals surface area contributed by atoms with Gasteiger partial charge in [0, 0.05) is 29.2 Å². The highest BCUT2D eigenvalue weighted by atomic mass is 127. The van der Waals surface area contributed by atoms with E-state index in [2.05, 4.69) is 10.2 Å². The first-order valence-corrected chi connectivity index (χ1v) is 4.92. The van der Waals surface area contributed by atoms with Crippen molar-refractivity contribution in [3.63, 3.8) is 0 Å². The van der Waals surface area contributed by atoms with Gasteiger partial charge in [-0.05, 0) is 19.8 Å². The average molecular weight is 280 g/mol. The normalized spacial score (nSPS) is 29.5. The molecule has 5 heteroatoms. The Labute approximate surface area is 83.8 Å². The van der Waals surface area contributed by atoms with Crippen LogP contribution in [0.15, 0.2) is 4.42 Å². The highest BCUT2D eigenvalue weighted by Crippen LogP contribution is 2.34. The molecule has 0 radical (unpaired) electrons. The van der Waals surface area contributed by atoms with E-state index in [0.29, 0.717) is 9.79 Å². The predicted octanol–water partition coefficient (Wildman–Crippen LogP) is 1.70. The van der Waals surface area contributed by atoms with Gasteiger partial charge in [-0.1, -0.05) is 0 Å². The number of halogens is 1. The van der Waals surface area contributed by atoms with Crippen molar-refractivity contribution in [2.75, 3.05) is 6.61 Å². The summed E-state index contributed by atoms with van der Waals surface area (Å²) in [6, 6.07) is 0. The van der Waals surface area contributed by atoms with E-state index in [4.69, 9.17) is 9.15 Å². The van der Waals surface area contributed by atoms with Gasteiger partial charge >= 0.3 is 0 Å². The molecular weight excluding hydrogens is 271 g/mol. The molecule has 0 aromatic carbocycles. The predicted molar refractivity (Wildman–Crippen MR) is 49.6 cm³/mol. The number of hydrogen-bond acceptors (Lipinski definition) is 4. The van der Waals surface area contributed by atoms with Crippen LogP contribution in [-0.4, -0.2) is 16.8 Å². The summed E-state index contributed by atoms with van der Waals surface area (Å²) in [4.78, 5) is 0. The van der Waals surface area contributed by atoms with E-state index >= 15 is 0 Å². The molecule has 0 saturated carbocycles. The summed E-state index contributed by atoms with van der Waals surface area (Å²) in [5.41, 5.74) is -0.337. The molecule has 12 heavy (non-hydrogen) atoms. The van der Waals surface area contributed by atoms with Gasteiger partial charge in [-0.25, -0.2) is 0 Å². The van der Waals surface area contributed by atoms with Crippen molar-refractivity contribution in [2.24, 2.45) is 0 Å². The van der Waals surface area contributed by atoms with E-state index in [1.807, 2.05) is 29.5 Å². The fourth-order valence-corrected chi connectivity index (χ4v) is 1.68. The molecule has 2 rings (SSSR count). The molecule has 0 N–H and O–H groups in total. The maximum absolute atomic E-state index is 5.54. The second-order valence-electron chi connectivity index (χ2n) is 3.04. The lowest BCUT2D eigenvalue weighted by Crippen LogP contribution is -2.20. The number of ether oxygens (including phenoxy) is 1. The van der Waals surface area contributed by atoms with Crippen molar-refractivity contribution in [3.8, 4) is 0 Å². The van der Waals surface area contributed by atoms with Crippen LogP contribution < -0.4 is 0 Å². The molecule has 1 aromatic heterocycles. The highest BCUT2D eigenvalue weighted by molar-refractivity contribution is 14.1. The van der Waals surface area contributed by atoms with Crippen LogP contribution in [0, 0.1) is 3.90 Å². The minimum atomic E-state index is -0.337. The topological polar surface area (TPSA) is 48.2 Å². The Hall–Kier alpha value is -0.170. The Bertz CT molecular complexity index is 281. The lowest BCUT2D eigenvalue weighted by molar-refractivity contribution is -0.00608. The zero-order valence-corrected chi connectivity index (χ0v) is 8.87. The van der Waals surface area contributed by atoms with Gasteiger partial charge in [0.05, 0.1) is 0 Å². The van der Waals surface area contributed by atoms with Crippen molar-refractivity contribution in [3.05, 3.63) is 9.79 Å². The Morgan fingerprint density at radius 1 is 1.50 bits per heavy atom. The largest absolute Gasteiger partial charge is 0.413 e. The maximum atomic E-state index is 5.54. The second kappa shape index (κ2) is 2.95. The Kier molecular flexibility index (Phi) is 2.07. The van der Waals surface area contributed by atoms with E-state index < -0.39 is 0 Å². The molecule has 4 nitrogen and oxygen atoms in total. The van der Waals surface area contributed by atoms with Gasteiger partial charge in [-0.2, -0.15) is 0 Å². The summed E-state index contributed by atoms with van der Waals surface area (Å²) in [5, 5.41) is 7.72. The lowest BCUT2D eigenvalue weighted by atomic mass is 10.0. The highest BCUT2D eigenvalue weighted by Gasteiger charge is 2.37. The van der Waals surface area contributed by atoms with Gasteiger partial charge in [-0.15, -0.1) is 10.2 Å². The fraction of sp³-hybridized carbons (Fsp3) is 0.714. The van der Waals surface area contributed by atoms with Crippen LogP contribution >= 0.6 is 22.6 Å². The van der Waals surface area contributed by atoms with Crippen LogP contribution in [0.3, 0.4) is 0 Å². The molecule has 0 spiro atoms. The first-order valence-electron chi connectivity index (χ1n) is 3.84. The first kappa shape index (κ1) is 8.43. The van der Waals surface area contributed by atoms with Crippen molar-refractivity contribution < 1.29 is 9.15 Å². The average Bonchev–Trinajstić information content (AvgIpc) is 2.59. The maximum Gasteiger partial charge on any atom is 0.278 e. The third-order valence-electron chi connectivity index (χ3n) is 2.07. The standard InChI is InChI=1S/C7H9IN2O2/c1-7(3-2-4-11-7)5-9-10-6(8)12-5/h2-4H2,1H3. The zero-order valence-electron chi connectivity index (χ0n) is 6.71. The molecule has 1 aliphatic heterocycles. The molecular formula is C7H9IN2O2. The van der Waals surface area contributed by atoms with E-state index in [-0.39, 0.29) is 5.60 Å². The number of hydrogen-bond donors (Lipinski definition) is 0. The zero-order chi connectivity index (χ0) is 8.60. The van der Waals surface area contributed by atoms with Crippen LogP contribution in [0.2, 0.25) is 0 Å². The van der Waals surface area contributed by atoms with Crippen molar-refractivity contribution in [1.29, 1.82) is 0 Å². The SMILES string of the molecule is CC1(c2nnc(I)o2)CCCO1. The third kappa shape index (κ3) is 1.35. The van der Waals surface area contributed by atoms with Crippen molar-refractivity contribution >= 4 is 22.6 Å². The monoisotopic (exact) mass is 280 g/mol. The molecule has 0 amide bonds. The third-order valence-corrected chi connectivity index (χ3v) is 2.51. The van der Waals surface area contributed by atoms with Gasteiger partial charge in [0.2, 0.25) is 5.89 Å². The molecule has 2 heterocycles. The van der Waals surface area contributed by atoms with Crippen molar-refractivity contribution in [1.82, 2.24) is 10.2 Å². The van der Waals surface area contributed by atoms with E-state index in [1.165, 1.54) is 0 Å². The molecule has 1 saturated heterocycles. The summed E-state index contributed by atoms with van der Waals surface area (Å²) >= 11 is 2.00. The molecule has 1 unspecified atom stereocenters. The Balaban J connectivity index is 2.28. The lowest BCUT2D eigenvalue weighted by Gasteiger charge is -2.17. The van der Waals surface area contributed by atoms with Gasteiger partial charge in [-0.3, -0.25) is 0 Å². The molecule has 0 aliphatic carbocycles. The summed E-state index contributed by atoms with van der Waals surface area (Å²) in [5.74, 6) is 0.601. The molecule has 66 valence electrons. The molecule has 1 aromatic rings. The molecule has 1 fully saturated rings. The van der Waals surface area contributed by atoms with Crippen LogP contribution in [0.4, 0.5) is 0 Å². The molecule has 1 aliphatic rings. The number of aromatic nitrogens is 2. The van der Waals surface area contributed by atoms with Crippen LogP contribution in [0.25, 0.3) is 0 Å². The van der Waals surface area contributed by atoms with Crippen LogP contribution in [0.1, 0.15) is 25.7 Å². The second-order valence-corrected chi connectivity index (χ2v) is 3.97.